The first-order valence-corrected chi connectivity index (χ1v) is 18.2. The van der Waals surface area contributed by atoms with Gasteiger partial charge in [0.05, 0.1) is 36.3 Å². The van der Waals surface area contributed by atoms with Gasteiger partial charge in [0, 0.05) is 25.0 Å². The molecule has 3 saturated heterocycles. The highest BCUT2D eigenvalue weighted by Gasteiger charge is 2.61. The highest BCUT2D eigenvalue weighted by molar-refractivity contribution is 5.38. The van der Waals surface area contributed by atoms with Crippen LogP contribution < -0.4 is 0 Å². The Morgan fingerprint density at radius 1 is 1.04 bits per heavy atom. The Bertz CT molecular complexity index is 1430. The fourth-order valence-corrected chi connectivity index (χ4v) is 11.7. The summed E-state index contributed by atoms with van der Waals surface area (Å²) in [6, 6.07) is 0.241. The number of rotatable bonds is 4. The molecule has 0 amide bonds. The van der Waals surface area contributed by atoms with Crippen LogP contribution in [0.25, 0.3) is 0 Å². The van der Waals surface area contributed by atoms with Crippen LogP contribution >= 0.6 is 0 Å². The summed E-state index contributed by atoms with van der Waals surface area (Å²) < 4.78 is 14.4. The maximum atomic E-state index is 10.6. The van der Waals surface area contributed by atoms with E-state index in [9.17, 15) is 25.5 Å². The van der Waals surface area contributed by atoms with Crippen LogP contribution in [0.15, 0.2) is 29.0 Å². The van der Waals surface area contributed by atoms with E-state index in [1.807, 2.05) is 0 Å². The van der Waals surface area contributed by atoms with Crippen molar-refractivity contribution in [2.75, 3.05) is 13.2 Å². The fraction of sp³-hybridized carbons (Fsp3) is 0.833. The minimum absolute atomic E-state index is 0.135. The van der Waals surface area contributed by atoms with Gasteiger partial charge in [0.1, 0.15) is 24.4 Å². The smallest absolute Gasteiger partial charge is 0.180 e. The second-order valence-electron chi connectivity index (χ2n) is 16.6. The average molecular weight is 655 g/mol. The quantitative estimate of drug-likeness (QED) is 0.306. The number of allylic oxidation sites excluding steroid dienone is 2. The van der Waals surface area contributed by atoms with Gasteiger partial charge in [-0.1, -0.05) is 43.2 Å². The van der Waals surface area contributed by atoms with E-state index < -0.39 is 37.3 Å². The molecule has 2 saturated carbocycles. The lowest BCUT2D eigenvalue weighted by molar-refractivity contribution is -0.254. The molecule has 4 heterocycles. The molecule has 8 rings (SSSR count). The van der Waals surface area contributed by atoms with Crippen molar-refractivity contribution in [3.63, 3.8) is 0 Å². The SMILES string of the molecule is CC1=C2CC3[C@@H](CC=C4C[C@@H](O)CC[C@@]43C)C2CC[C@]12OC1C[C@H](C)CN(Cc3cn(C4OC(CO)C(O)C(O)C4O)nn3)[C@H]1[C@H]2C. The van der Waals surface area contributed by atoms with Crippen molar-refractivity contribution in [2.45, 2.75) is 140 Å². The molecule has 260 valence electrons. The number of ether oxygens (including phenoxy) is 2. The van der Waals surface area contributed by atoms with Crippen molar-refractivity contribution < 1.29 is 35.0 Å². The van der Waals surface area contributed by atoms with Crippen LogP contribution in [-0.2, 0) is 16.0 Å². The first kappa shape index (κ1) is 32.5. The lowest BCUT2D eigenvalue weighted by Gasteiger charge is -2.49. The maximum Gasteiger partial charge on any atom is 0.180 e. The molecule has 0 aromatic carbocycles. The van der Waals surface area contributed by atoms with E-state index in [0.717, 1.165) is 50.8 Å². The first-order chi connectivity index (χ1) is 22.4. The summed E-state index contributed by atoms with van der Waals surface area (Å²) in [7, 11) is 0. The highest BCUT2D eigenvalue weighted by atomic mass is 16.6. The lowest BCUT2D eigenvalue weighted by Crippen LogP contribution is -2.56. The molecule has 4 aliphatic carbocycles. The molecule has 5 N–H and O–H groups in total. The third kappa shape index (κ3) is 4.89. The summed E-state index contributed by atoms with van der Waals surface area (Å²) in [6.07, 6.45) is 6.27. The predicted molar refractivity (Wildman–Crippen MR) is 171 cm³/mol. The van der Waals surface area contributed by atoms with Crippen molar-refractivity contribution in [1.29, 1.82) is 0 Å². The number of nitrogens with zero attached hydrogens (tertiary/aromatic N) is 4. The molecule has 1 aromatic heterocycles. The molecule has 47 heavy (non-hydrogen) atoms. The Balaban J connectivity index is 1.03. The number of piperidine rings is 1. The maximum absolute atomic E-state index is 10.6. The Labute approximate surface area is 277 Å². The van der Waals surface area contributed by atoms with Crippen LogP contribution in [0.2, 0.25) is 0 Å². The minimum atomic E-state index is -1.47. The van der Waals surface area contributed by atoms with Gasteiger partial charge in [0.2, 0.25) is 0 Å². The molecule has 0 bridgehead atoms. The minimum Gasteiger partial charge on any atom is -0.394 e. The molecule has 3 aliphatic heterocycles. The molecule has 1 spiro atoms. The monoisotopic (exact) mass is 654 g/mol. The third-order valence-corrected chi connectivity index (χ3v) is 14.1. The molecule has 11 heteroatoms. The van der Waals surface area contributed by atoms with Crippen molar-refractivity contribution in [3.8, 4) is 0 Å². The van der Waals surface area contributed by atoms with Crippen LogP contribution in [0.3, 0.4) is 0 Å². The number of fused-ring (bicyclic) bond motifs is 6. The summed E-state index contributed by atoms with van der Waals surface area (Å²) in [4.78, 5) is 2.52. The molecule has 8 unspecified atom stereocenters. The summed E-state index contributed by atoms with van der Waals surface area (Å²) in [5, 5.41) is 59.9. The summed E-state index contributed by atoms with van der Waals surface area (Å²) in [5.41, 5.74) is 5.35. The number of aromatic nitrogens is 3. The van der Waals surface area contributed by atoms with E-state index in [4.69, 9.17) is 9.47 Å². The Morgan fingerprint density at radius 2 is 1.85 bits per heavy atom. The molecular formula is C36H54N4O7. The molecule has 1 aromatic rings. The standard InChI is InChI=1S/C36H54N4O7/c1-18-11-28-30(39(14-18)15-22-16-40(38-37-22)34-33(45)32(44)31(43)29(17-41)46-34)20(3)36(47-28)10-8-24-25-6-5-21-12-23(42)7-9-35(21,4)27(25)13-26(24)19(36)2/h5,16,18,20,23-25,27-34,41-45H,6-15,17H2,1-4H3/t18-,20+,23-,24?,25-,27?,28?,29?,30-,31?,32?,33?,34?,35-,36-/m0/s1. The summed E-state index contributed by atoms with van der Waals surface area (Å²) in [5.74, 6) is 2.76. The lowest BCUT2D eigenvalue weighted by atomic mass is 9.56. The van der Waals surface area contributed by atoms with E-state index in [0.29, 0.717) is 36.1 Å². The number of hydrogen-bond acceptors (Lipinski definition) is 10. The van der Waals surface area contributed by atoms with Crippen LogP contribution in [0, 0.1) is 35.0 Å². The molecular weight excluding hydrogens is 600 g/mol. The van der Waals surface area contributed by atoms with Gasteiger partial charge in [0.25, 0.3) is 0 Å². The number of likely N-dealkylation sites (tertiary alicyclic amines) is 1. The van der Waals surface area contributed by atoms with Crippen molar-refractivity contribution >= 4 is 0 Å². The number of hydrogen-bond donors (Lipinski definition) is 5. The van der Waals surface area contributed by atoms with Gasteiger partial charge >= 0.3 is 0 Å². The van der Waals surface area contributed by atoms with Crippen molar-refractivity contribution in [3.05, 3.63) is 34.7 Å². The van der Waals surface area contributed by atoms with Crippen LogP contribution in [0.4, 0.5) is 0 Å². The zero-order valence-corrected chi connectivity index (χ0v) is 28.3. The second kappa shape index (κ2) is 11.7. The van der Waals surface area contributed by atoms with E-state index in [1.54, 1.807) is 11.8 Å². The van der Waals surface area contributed by atoms with E-state index in [2.05, 4.69) is 49.0 Å². The van der Waals surface area contributed by atoms with E-state index in [-0.39, 0.29) is 29.3 Å². The Hall–Kier alpha value is -1.70. The van der Waals surface area contributed by atoms with Crippen molar-refractivity contribution in [2.24, 2.45) is 35.0 Å². The van der Waals surface area contributed by atoms with Crippen LogP contribution in [0.5, 0.6) is 0 Å². The van der Waals surface area contributed by atoms with E-state index >= 15 is 0 Å². The predicted octanol–water partition coefficient (Wildman–Crippen LogP) is 2.48. The number of aliphatic hydroxyl groups excluding tert-OH is 5. The summed E-state index contributed by atoms with van der Waals surface area (Å²) >= 11 is 0. The Morgan fingerprint density at radius 3 is 2.64 bits per heavy atom. The van der Waals surface area contributed by atoms with Crippen LogP contribution in [0.1, 0.15) is 91.0 Å². The average Bonchev–Trinajstić information content (AvgIpc) is 3.74. The molecule has 15 atom stereocenters. The second-order valence-corrected chi connectivity index (χ2v) is 16.6. The van der Waals surface area contributed by atoms with Crippen LogP contribution in [-0.4, -0.2) is 107 Å². The topological polar surface area (TPSA) is 154 Å². The van der Waals surface area contributed by atoms with Gasteiger partial charge in [-0.25, -0.2) is 4.68 Å². The summed E-state index contributed by atoms with van der Waals surface area (Å²) in [6.45, 7) is 10.6. The zero-order chi connectivity index (χ0) is 33.0. The third-order valence-electron chi connectivity index (χ3n) is 14.1. The fourth-order valence-electron chi connectivity index (χ4n) is 11.7. The van der Waals surface area contributed by atoms with E-state index in [1.165, 1.54) is 28.7 Å². The van der Waals surface area contributed by atoms with Crippen molar-refractivity contribution in [1.82, 2.24) is 19.9 Å². The molecule has 0 radical (unpaired) electrons. The highest BCUT2D eigenvalue weighted by Crippen LogP contribution is 2.65. The van der Waals surface area contributed by atoms with Gasteiger partial charge in [-0.05, 0) is 93.0 Å². The zero-order valence-electron chi connectivity index (χ0n) is 28.3. The number of aliphatic hydroxyl groups is 5. The van der Waals surface area contributed by atoms with Gasteiger partial charge in [0.15, 0.2) is 6.23 Å². The largest absolute Gasteiger partial charge is 0.394 e. The van der Waals surface area contributed by atoms with Gasteiger partial charge in [-0.15, -0.1) is 5.10 Å². The Kier molecular flexibility index (Phi) is 8.08. The van der Waals surface area contributed by atoms with Gasteiger partial charge in [-0.2, -0.15) is 0 Å². The normalized spacial score (nSPS) is 49.8. The molecule has 5 fully saturated rings. The molecule has 7 aliphatic rings. The van der Waals surface area contributed by atoms with Gasteiger partial charge in [-0.3, -0.25) is 4.90 Å². The van der Waals surface area contributed by atoms with Gasteiger partial charge < -0.3 is 35.0 Å². The molecule has 11 nitrogen and oxygen atoms in total. The first-order valence-electron chi connectivity index (χ1n) is 18.2.